The SMILES string of the molecule is C=C[C@@H](N)C1CCS(=O)(=O)CC1. The van der Waals surface area contributed by atoms with E-state index in [4.69, 9.17) is 5.73 Å². The van der Waals surface area contributed by atoms with E-state index in [1.165, 1.54) is 0 Å². The van der Waals surface area contributed by atoms with Crippen molar-refractivity contribution in [2.24, 2.45) is 11.7 Å². The van der Waals surface area contributed by atoms with Gasteiger partial charge in [0, 0.05) is 6.04 Å². The van der Waals surface area contributed by atoms with Crippen molar-refractivity contribution in [3.8, 4) is 0 Å². The molecule has 1 saturated heterocycles. The predicted molar refractivity (Wildman–Crippen MR) is 49.6 cm³/mol. The van der Waals surface area contributed by atoms with Crippen LogP contribution in [0, 0.1) is 5.92 Å². The van der Waals surface area contributed by atoms with E-state index in [2.05, 4.69) is 6.58 Å². The van der Waals surface area contributed by atoms with Crippen LogP contribution in [-0.2, 0) is 9.84 Å². The maximum atomic E-state index is 11.0. The Morgan fingerprint density at radius 2 is 1.92 bits per heavy atom. The van der Waals surface area contributed by atoms with Crippen LogP contribution in [0.1, 0.15) is 12.8 Å². The van der Waals surface area contributed by atoms with Gasteiger partial charge in [-0.1, -0.05) is 6.08 Å². The topological polar surface area (TPSA) is 60.2 Å². The van der Waals surface area contributed by atoms with Gasteiger partial charge in [-0.15, -0.1) is 6.58 Å². The smallest absolute Gasteiger partial charge is 0.150 e. The summed E-state index contributed by atoms with van der Waals surface area (Å²) in [4.78, 5) is 0. The van der Waals surface area contributed by atoms with Crippen molar-refractivity contribution >= 4 is 9.84 Å². The Morgan fingerprint density at radius 3 is 2.33 bits per heavy atom. The number of rotatable bonds is 2. The van der Waals surface area contributed by atoms with E-state index in [-0.39, 0.29) is 6.04 Å². The van der Waals surface area contributed by atoms with E-state index < -0.39 is 9.84 Å². The Balaban J connectivity index is 2.51. The molecule has 1 aliphatic rings. The molecule has 1 aliphatic heterocycles. The summed E-state index contributed by atoms with van der Waals surface area (Å²) in [6.07, 6.45) is 3.08. The molecule has 1 heterocycles. The van der Waals surface area contributed by atoms with Crippen LogP contribution in [0.25, 0.3) is 0 Å². The molecule has 1 fully saturated rings. The molecular formula is C8H15NO2S. The Hall–Kier alpha value is -0.350. The van der Waals surface area contributed by atoms with Crippen LogP contribution in [0.5, 0.6) is 0 Å². The van der Waals surface area contributed by atoms with Crippen molar-refractivity contribution < 1.29 is 8.42 Å². The fraction of sp³-hybridized carbons (Fsp3) is 0.750. The Kier molecular flexibility index (Phi) is 2.90. The monoisotopic (exact) mass is 189 g/mol. The second-order valence-corrected chi connectivity index (χ2v) is 5.61. The van der Waals surface area contributed by atoms with Gasteiger partial charge in [-0.25, -0.2) is 8.42 Å². The fourth-order valence-electron chi connectivity index (χ4n) is 1.49. The molecule has 0 aromatic carbocycles. The summed E-state index contributed by atoms with van der Waals surface area (Å²) in [5.41, 5.74) is 5.72. The van der Waals surface area contributed by atoms with Gasteiger partial charge in [0.15, 0.2) is 0 Å². The van der Waals surface area contributed by atoms with Crippen LogP contribution in [0.2, 0.25) is 0 Å². The Bertz CT molecular complexity index is 244. The molecule has 0 aliphatic carbocycles. The molecule has 0 amide bonds. The van der Waals surface area contributed by atoms with Crippen LogP contribution in [0.3, 0.4) is 0 Å². The van der Waals surface area contributed by atoms with Crippen molar-refractivity contribution in [2.75, 3.05) is 11.5 Å². The lowest BCUT2D eigenvalue weighted by Gasteiger charge is -2.25. The first-order valence-corrected chi connectivity index (χ1v) is 5.96. The van der Waals surface area contributed by atoms with Crippen molar-refractivity contribution in [3.63, 3.8) is 0 Å². The maximum Gasteiger partial charge on any atom is 0.150 e. The van der Waals surface area contributed by atoms with Gasteiger partial charge >= 0.3 is 0 Å². The summed E-state index contributed by atoms with van der Waals surface area (Å²) in [7, 11) is -2.75. The first-order chi connectivity index (χ1) is 5.55. The van der Waals surface area contributed by atoms with E-state index in [0.29, 0.717) is 30.3 Å². The van der Waals surface area contributed by atoms with Gasteiger partial charge in [-0.3, -0.25) is 0 Å². The van der Waals surface area contributed by atoms with Crippen molar-refractivity contribution in [3.05, 3.63) is 12.7 Å². The third-order valence-corrected chi connectivity index (χ3v) is 4.13. The van der Waals surface area contributed by atoms with Crippen molar-refractivity contribution in [1.29, 1.82) is 0 Å². The first kappa shape index (κ1) is 9.74. The van der Waals surface area contributed by atoms with Gasteiger partial charge in [0.25, 0.3) is 0 Å². The van der Waals surface area contributed by atoms with Crippen molar-refractivity contribution in [1.82, 2.24) is 0 Å². The molecule has 1 atom stereocenters. The summed E-state index contributed by atoms with van der Waals surface area (Å²) >= 11 is 0. The average molecular weight is 189 g/mol. The van der Waals surface area contributed by atoms with Crippen LogP contribution in [0.15, 0.2) is 12.7 Å². The molecule has 0 aromatic rings. The third kappa shape index (κ3) is 2.32. The average Bonchev–Trinajstić information content (AvgIpc) is 2.03. The highest BCUT2D eigenvalue weighted by Gasteiger charge is 2.26. The lowest BCUT2D eigenvalue weighted by Crippen LogP contribution is -2.34. The normalized spacial score (nSPS) is 26.4. The van der Waals surface area contributed by atoms with Gasteiger partial charge in [0.05, 0.1) is 11.5 Å². The molecule has 0 saturated carbocycles. The second kappa shape index (κ2) is 3.58. The maximum absolute atomic E-state index is 11.0. The first-order valence-electron chi connectivity index (χ1n) is 4.14. The molecule has 2 N–H and O–H groups in total. The van der Waals surface area contributed by atoms with Gasteiger partial charge in [-0.2, -0.15) is 0 Å². The molecule has 0 bridgehead atoms. The summed E-state index contributed by atoms with van der Waals surface area (Å²) in [6.45, 7) is 3.60. The molecule has 12 heavy (non-hydrogen) atoms. The van der Waals surface area contributed by atoms with Gasteiger partial charge in [0.1, 0.15) is 9.84 Å². The molecule has 0 aromatic heterocycles. The molecule has 0 radical (unpaired) electrons. The standard InChI is InChI=1S/C8H15NO2S/c1-2-8(9)7-3-5-12(10,11)6-4-7/h2,7-8H,1,3-6,9H2/t8-/m1/s1. The van der Waals surface area contributed by atoms with Gasteiger partial charge in [0.2, 0.25) is 0 Å². The minimum Gasteiger partial charge on any atom is -0.324 e. The fourth-order valence-corrected chi connectivity index (χ4v) is 3.01. The lowest BCUT2D eigenvalue weighted by atomic mass is 9.95. The zero-order chi connectivity index (χ0) is 9.19. The van der Waals surface area contributed by atoms with Crippen LogP contribution in [0.4, 0.5) is 0 Å². The largest absolute Gasteiger partial charge is 0.324 e. The highest BCUT2D eigenvalue weighted by atomic mass is 32.2. The molecule has 0 spiro atoms. The number of hydrogen-bond acceptors (Lipinski definition) is 3. The van der Waals surface area contributed by atoms with Crippen LogP contribution >= 0.6 is 0 Å². The molecular weight excluding hydrogens is 174 g/mol. The minimum absolute atomic E-state index is 0.0412. The van der Waals surface area contributed by atoms with E-state index in [1.807, 2.05) is 0 Å². The zero-order valence-corrected chi connectivity index (χ0v) is 7.89. The Labute approximate surface area is 73.6 Å². The minimum atomic E-state index is -2.75. The molecule has 70 valence electrons. The number of sulfone groups is 1. The van der Waals surface area contributed by atoms with Gasteiger partial charge in [-0.05, 0) is 18.8 Å². The van der Waals surface area contributed by atoms with Crippen LogP contribution in [-0.4, -0.2) is 26.0 Å². The molecule has 3 nitrogen and oxygen atoms in total. The molecule has 1 rings (SSSR count). The van der Waals surface area contributed by atoms with Crippen molar-refractivity contribution in [2.45, 2.75) is 18.9 Å². The molecule has 0 unspecified atom stereocenters. The highest BCUT2D eigenvalue weighted by molar-refractivity contribution is 7.91. The second-order valence-electron chi connectivity index (χ2n) is 3.30. The predicted octanol–water partition coefficient (Wildman–Crippen LogP) is 0.324. The Morgan fingerprint density at radius 1 is 1.42 bits per heavy atom. The summed E-state index contributed by atoms with van der Waals surface area (Å²) in [5.74, 6) is 0.893. The summed E-state index contributed by atoms with van der Waals surface area (Å²) < 4.78 is 22.1. The number of nitrogens with two attached hydrogens (primary N) is 1. The van der Waals surface area contributed by atoms with E-state index >= 15 is 0 Å². The van der Waals surface area contributed by atoms with E-state index in [0.717, 1.165) is 0 Å². The lowest BCUT2D eigenvalue weighted by molar-refractivity contribution is 0.426. The quantitative estimate of drug-likeness (QED) is 0.637. The third-order valence-electron chi connectivity index (χ3n) is 2.42. The summed E-state index contributed by atoms with van der Waals surface area (Å²) in [5, 5.41) is 0. The number of hydrogen-bond donors (Lipinski definition) is 1. The van der Waals surface area contributed by atoms with E-state index in [9.17, 15) is 8.42 Å². The summed E-state index contributed by atoms with van der Waals surface area (Å²) in [6, 6.07) is -0.0412. The van der Waals surface area contributed by atoms with Gasteiger partial charge < -0.3 is 5.73 Å². The van der Waals surface area contributed by atoms with E-state index in [1.54, 1.807) is 6.08 Å². The zero-order valence-electron chi connectivity index (χ0n) is 7.07. The molecule has 4 heteroatoms. The van der Waals surface area contributed by atoms with Crippen LogP contribution < -0.4 is 5.73 Å². The highest BCUT2D eigenvalue weighted by Crippen LogP contribution is 2.21.